The first kappa shape index (κ1) is 41.8. The van der Waals surface area contributed by atoms with E-state index in [0.29, 0.717) is 37.4 Å². The molecule has 49 heavy (non-hydrogen) atoms. The van der Waals surface area contributed by atoms with Gasteiger partial charge in [-0.25, -0.2) is 0 Å². The van der Waals surface area contributed by atoms with Crippen molar-refractivity contribution in [3.05, 3.63) is 48.5 Å². The normalized spacial score (nSPS) is 15.4. The van der Waals surface area contributed by atoms with Crippen LogP contribution >= 0.6 is 34.8 Å². The van der Waals surface area contributed by atoms with Crippen molar-refractivity contribution in [3.63, 3.8) is 0 Å². The Morgan fingerprint density at radius 3 is 1.35 bits per heavy atom. The first-order valence-corrected chi connectivity index (χ1v) is 16.2. The number of carbonyl (C=O) groups excluding carboxylic acids is 3. The minimum Gasteiger partial charge on any atom is -0.490 e. The number of halogens is 9. The number of likely N-dealkylation sites (tertiary alicyclic amines) is 1. The highest BCUT2D eigenvalue weighted by Gasteiger charge is 2.32. The van der Waals surface area contributed by atoms with Crippen molar-refractivity contribution in [2.24, 2.45) is 0 Å². The van der Waals surface area contributed by atoms with Crippen LogP contribution in [0, 0.1) is 0 Å². The van der Waals surface area contributed by atoms with E-state index in [0.717, 1.165) is 25.9 Å². The number of piperidine rings is 2. The first-order chi connectivity index (χ1) is 23.1. The number of ether oxygens (including phenoxy) is 5. The van der Waals surface area contributed by atoms with Gasteiger partial charge in [-0.15, -0.1) is 61.1 Å². The lowest BCUT2D eigenvalue weighted by Gasteiger charge is -2.31. The predicted molar refractivity (Wildman–Crippen MR) is 166 cm³/mol. The van der Waals surface area contributed by atoms with E-state index in [4.69, 9.17) is 44.3 Å². The Labute approximate surface area is 292 Å². The lowest BCUT2D eigenvalue weighted by atomic mass is 10.1. The van der Waals surface area contributed by atoms with E-state index in [1.165, 1.54) is 48.5 Å². The monoisotopic (exact) mass is 768 g/mol. The number of carbonyl (C=O) groups is 3. The number of hydrogen-bond acceptors (Lipinski definition) is 9. The van der Waals surface area contributed by atoms with E-state index in [1.807, 2.05) is 0 Å². The summed E-state index contributed by atoms with van der Waals surface area (Å²) in [6.07, 6.45) is -6.19. The van der Waals surface area contributed by atoms with Crippen LogP contribution in [-0.4, -0.2) is 91.5 Å². The fraction of sp³-hybridized carbons (Fsp3) is 0.500. The molecular formula is C30H33Cl3F6N2O8. The standard InChI is InChI=1S/C14H15ClF3NO3.C12H14F3NO2.C4H4Cl2O3/c15-9-13(20)19-7-5-11(6-8-19)21-10-1-3-12(4-2-10)22-14(16,17)18;13-12(14,15)18-11-3-1-9(2-4-11)17-10-5-7-16-8-6-10;5-1-3(7)9-4(8)2-6/h1-4,11H,5-9H2;1-4,10,16H,5-8H2;1-2H2. The predicted octanol–water partition coefficient (Wildman–Crippen LogP) is 6.44. The van der Waals surface area contributed by atoms with Crippen molar-refractivity contribution in [1.82, 2.24) is 10.2 Å². The summed E-state index contributed by atoms with van der Waals surface area (Å²) in [7, 11) is 0. The van der Waals surface area contributed by atoms with E-state index < -0.39 is 24.7 Å². The molecule has 0 radical (unpaired) electrons. The molecule has 2 fully saturated rings. The van der Waals surface area contributed by atoms with Gasteiger partial charge in [0, 0.05) is 25.9 Å². The molecule has 4 rings (SSSR count). The highest BCUT2D eigenvalue weighted by Crippen LogP contribution is 2.27. The lowest BCUT2D eigenvalue weighted by Crippen LogP contribution is -2.42. The zero-order chi connectivity index (χ0) is 36.5. The Balaban J connectivity index is 0.000000277. The van der Waals surface area contributed by atoms with Crippen molar-refractivity contribution < 1.29 is 64.4 Å². The molecule has 0 saturated carbocycles. The van der Waals surface area contributed by atoms with Crippen LogP contribution in [0.25, 0.3) is 0 Å². The summed E-state index contributed by atoms with van der Waals surface area (Å²) in [6, 6.07) is 10.7. The van der Waals surface area contributed by atoms with Crippen LogP contribution in [0.4, 0.5) is 26.3 Å². The molecule has 1 amide bonds. The number of hydrogen-bond donors (Lipinski definition) is 1. The van der Waals surface area contributed by atoms with Gasteiger partial charge < -0.3 is 33.9 Å². The number of benzene rings is 2. The average Bonchev–Trinajstić information content (AvgIpc) is 3.06. The van der Waals surface area contributed by atoms with Gasteiger partial charge >= 0.3 is 24.7 Å². The number of amides is 1. The van der Waals surface area contributed by atoms with Gasteiger partial charge in [0.1, 0.15) is 52.8 Å². The van der Waals surface area contributed by atoms with E-state index in [9.17, 15) is 40.7 Å². The SMILES string of the molecule is FC(F)(F)Oc1ccc(OC2CCNCC2)cc1.O=C(CCl)N1CCC(Oc2ccc(OC(F)(F)F)cc2)CC1.O=C(CCl)OC(=O)CCl. The quantitative estimate of drug-likeness (QED) is 0.133. The maximum Gasteiger partial charge on any atom is 0.573 e. The number of nitrogens with zero attached hydrogens (tertiary/aromatic N) is 1. The Hall–Kier alpha value is -3.34. The highest BCUT2D eigenvalue weighted by molar-refractivity contribution is 6.29. The number of alkyl halides is 9. The van der Waals surface area contributed by atoms with Crippen molar-refractivity contribution in [3.8, 4) is 23.0 Å². The second-order valence-electron chi connectivity index (χ2n) is 10.1. The van der Waals surface area contributed by atoms with E-state index in [1.54, 1.807) is 4.90 Å². The van der Waals surface area contributed by atoms with Crippen molar-refractivity contribution >= 4 is 52.6 Å². The van der Waals surface area contributed by atoms with Crippen molar-refractivity contribution in [2.75, 3.05) is 43.8 Å². The topological polar surface area (TPSA) is 113 Å². The molecule has 0 spiro atoms. The average molecular weight is 770 g/mol. The van der Waals surface area contributed by atoms with Gasteiger partial charge in [-0.2, -0.15) is 0 Å². The molecule has 0 atom stereocenters. The molecule has 2 aliphatic rings. The van der Waals surface area contributed by atoms with Gasteiger partial charge in [-0.1, -0.05) is 0 Å². The fourth-order valence-corrected chi connectivity index (χ4v) is 4.51. The number of esters is 2. The Morgan fingerprint density at radius 2 is 1.00 bits per heavy atom. The fourth-order valence-electron chi connectivity index (χ4n) is 4.23. The summed E-state index contributed by atoms with van der Waals surface area (Å²) in [5, 5.41) is 3.21. The number of rotatable bonds is 9. The van der Waals surface area contributed by atoms with Crippen molar-refractivity contribution in [2.45, 2.75) is 50.6 Å². The van der Waals surface area contributed by atoms with E-state index >= 15 is 0 Å². The van der Waals surface area contributed by atoms with Crippen molar-refractivity contribution in [1.29, 1.82) is 0 Å². The van der Waals surface area contributed by atoms with Gasteiger partial charge in [0.05, 0.1) is 0 Å². The molecule has 1 N–H and O–H groups in total. The molecular weight excluding hydrogens is 737 g/mol. The third kappa shape index (κ3) is 18.3. The van der Waals surface area contributed by atoms with Crippen LogP contribution in [0.2, 0.25) is 0 Å². The van der Waals surface area contributed by atoms with Crippen LogP contribution in [0.5, 0.6) is 23.0 Å². The largest absolute Gasteiger partial charge is 0.573 e. The number of nitrogens with one attached hydrogen (secondary N) is 1. The summed E-state index contributed by atoms with van der Waals surface area (Å²) in [5.41, 5.74) is 0. The maximum absolute atomic E-state index is 12.1. The van der Waals surface area contributed by atoms with Gasteiger partial charge in [0.25, 0.3) is 0 Å². The molecule has 2 aromatic rings. The summed E-state index contributed by atoms with van der Waals surface area (Å²) in [5.74, 6) is -1.84. The lowest BCUT2D eigenvalue weighted by molar-refractivity contribution is -0.275. The second-order valence-corrected chi connectivity index (χ2v) is 10.9. The van der Waals surface area contributed by atoms with Crippen LogP contribution in [0.1, 0.15) is 25.7 Å². The smallest absolute Gasteiger partial charge is 0.490 e. The molecule has 0 aromatic heterocycles. The van der Waals surface area contributed by atoms with Crippen LogP contribution in [-0.2, 0) is 19.1 Å². The van der Waals surface area contributed by atoms with E-state index in [2.05, 4.69) is 19.5 Å². The van der Waals surface area contributed by atoms with Gasteiger partial charge in [-0.3, -0.25) is 14.4 Å². The summed E-state index contributed by atoms with van der Waals surface area (Å²) in [6.45, 7) is 2.93. The van der Waals surface area contributed by atoms with Gasteiger partial charge in [0.15, 0.2) is 0 Å². The van der Waals surface area contributed by atoms with Crippen LogP contribution in [0.3, 0.4) is 0 Å². The molecule has 0 unspecified atom stereocenters. The molecule has 0 aliphatic carbocycles. The minimum atomic E-state index is -4.70. The van der Waals surface area contributed by atoms with E-state index in [-0.39, 0.29) is 47.3 Å². The molecule has 2 saturated heterocycles. The van der Waals surface area contributed by atoms with Crippen LogP contribution in [0.15, 0.2) is 48.5 Å². The molecule has 10 nitrogen and oxygen atoms in total. The minimum absolute atomic E-state index is 0.0355. The van der Waals surface area contributed by atoms with Gasteiger partial charge in [0.2, 0.25) is 5.91 Å². The third-order valence-corrected chi connectivity index (χ3v) is 7.03. The Morgan fingerprint density at radius 1 is 0.633 bits per heavy atom. The first-order valence-electron chi connectivity index (χ1n) is 14.6. The zero-order valence-electron chi connectivity index (χ0n) is 25.7. The molecule has 0 bridgehead atoms. The highest BCUT2D eigenvalue weighted by atomic mass is 35.5. The molecule has 2 aliphatic heterocycles. The molecule has 19 heteroatoms. The molecule has 2 aromatic carbocycles. The third-order valence-electron chi connectivity index (χ3n) is 6.36. The van der Waals surface area contributed by atoms with Gasteiger partial charge in [-0.05, 0) is 74.5 Å². The Kier molecular flexibility index (Phi) is 17.9. The van der Waals surface area contributed by atoms with Crippen LogP contribution < -0.4 is 24.3 Å². The maximum atomic E-state index is 12.1. The molecule has 2 heterocycles. The summed E-state index contributed by atoms with van der Waals surface area (Å²) >= 11 is 15.5. The summed E-state index contributed by atoms with van der Waals surface area (Å²) in [4.78, 5) is 33.4. The second kappa shape index (κ2) is 21.0. The molecule has 274 valence electrons. The Bertz CT molecular complexity index is 1280. The summed E-state index contributed by atoms with van der Waals surface area (Å²) < 4.78 is 94.9. The zero-order valence-corrected chi connectivity index (χ0v) is 27.9.